The summed E-state index contributed by atoms with van der Waals surface area (Å²) < 4.78 is 0. The maximum absolute atomic E-state index is 11.9. The molecule has 148 valence electrons. The molecule has 0 heterocycles. The Morgan fingerprint density at radius 3 is 1.62 bits per heavy atom. The van der Waals surface area contributed by atoms with Crippen LogP contribution in [0.4, 0.5) is 5.69 Å². The minimum atomic E-state index is -0.0712. The fourth-order valence-electron chi connectivity index (χ4n) is 3.19. The topological polar surface area (TPSA) is 69.6 Å². The summed E-state index contributed by atoms with van der Waals surface area (Å²) in [4.78, 5) is 11.9. The van der Waals surface area contributed by atoms with E-state index in [1.165, 1.54) is 88.8 Å². The molecule has 0 aromatic heterocycles. The summed E-state index contributed by atoms with van der Waals surface area (Å²) in [6.07, 6.45) is 17.2. The van der Waals surface area contributed by atoms with Gasteiger partial charge in [0.15, 0.2) is 0 Å². The van der Waals surface area contributed by atoms with Gasteiger partial charge >= 0.3 is 0 Å². The fourth-order valence-corrected chi connectivity index (χ4v) is 3.19. The average molecular weight is 364 g/mol. The Kier molecular flexibility index (Phi) is 12.4. The second-order valence-electron chi connectivity index (χ2n) is 7.28. The molecule has 1 amide bonds. The predicted octanol–water partition coefficient (Wildman–Crippen LogP) is 6.52. The van der Waals surface area contributed by atoms with Crippen LogP contribution in [0.3, 0.4) is 0 Å². The first-order valence-electron chi connectivity index (χ1n) is 10.4. The molecule has 0 saturated heterocycles. The van der Waals surface area contributed by atoms with Gasteiger partial charge in [-0.05, 0) is 6.42 Å². The highest BCUT2D eigenvalue weighted by molar-refractivity contribution is 5.91. The summed E-state index contributed by atoms with van der Waals surface area (Å²) in [5.41, 5.74) is 0.433. The van der Waals surface area contributed by atoms with Gasteiger partial charge in [0.05, 0.1) is 0 Å². The van der Waals surface area contributed by atoms with Gasteiger partial charge in [0.1, 0.15) is 11.5 Å². The first-order valence-corrected chi connectivity index (χ1v) is 10.4. The average Bonchev–Trinajstić information content (AvgIpc) is 2.58. The van der Waals surface area contributed by atoms with Crippen LogP contribution in [0.5, 0.6) is 11.5 Å². The van der Waals surface area contributed by atoms with E-state index in [-0.39, 0.29) is 17.4 Å². The van der Waals surface area contributed by atoms with E-state index in [1.807, 2.05) is 0 Å². The molecule has 0 aliphatic rings. The SMILES string of the molecule is CCCCCCCCCCCCCCCC(=O)Nc1cc(O)cc(O)c1. The van der Waals surface area contributed by atoms with Crippen molar-refractivity contribution in [2.45, 2.75) is 96.8 Å². The lowest BCUT2D eigenvalue weighted by Gasteiger charge is -2.06. The molecule has 0 saturated carbocycles. The monoisotopic (exact) mass is 363 g/mol. The number of phenolic OH excluding ortho intramolecular Hbond substituents is 2. The Hall–Kier alpha value is -1.71. The standard InChI is InChI=1S/C22H37NO3/c1-2-3-4-5-6-7-8-9-10-11-12-13-14-15-22(26)23-19-16-20(24)18-21(25)17-19/h16-18,24-25H,2-15H2,1H3,(H,23,26). The van der Waals surface area contributed by atoms with E-state index >= 15 is 0 Å². The Morgan fingerprint density at radius 1 is 0.731 bits per heavy atom. The van der Waals surface area contributed by atoms with E-state index in [1.54, 1.807) is 0 Å². The molecule has 0 aliphatic heterocycles. The summed E-state index contributed by atoms with van der Waals surface area (Å²) in [5.74, 6) is -0.180. The number of amides is 1. The van der Waals surface area contributed by atoms with E-state index < -0.39 is 0 Å². The maximum atomic E-state index is 11.9. The van der Waals surface area contributed by atoms with Gasteiger partial charge in [0.25, 0.3) is 0 Å². The van der Waals surface area contributed by atoms with Gasteiger partial charge in [0, 0.05) is 30.3 Å². The molecule has 0 atom stereocenters. The van der Waals surface area contributed by atoms with Crippen molar-refractivity contribution < 1.29 is 15.0 Å². The van der Waals surface area contributed by atoms with Crippen molar-refractivity contribution in [3.63, 3.8) is 0 Å². The van der Waals surface area contributed by atoms with Crippen LogP contribution in [0.2, 0.25) is 0 Å². The summed E-state index contributed by atoms with van der Waals surface area (Å²) in [6, 6.07) is 4.10. The van der Waals surface area contributed by atoms with Crippen LogP contribution in [0.1, 0.15) is 96.8 Å². The van der Waals surface area contributed by atoms with Crippen molar-refractivity contribution in [3.05, 3.63) is 18.2 Å². The lowest BCUT2D eigenvalue weighted by Crippen LogP contribution is -2.10. The zero-order chi connectivity index (χ0) is 19.0. The number of hydrogen-bond acceptors (Lipinski definition) is 3. The smallest absolute Gasteiger partial charge is 0.224 e. The fraction of sp³-hybridized carbons (Fsp3) is 0.682. The van der Waals surface area contributed by atoms with Crippen LogP contribution in [0.25, 0.3) is 0 Å². The zero-order valence-electron chi connectivity index (χ0n) is 16.4. The van der Waals surface area contributed by atoms with E-state index in [9.17, 15) is 15.0 Å². The Bertz CT molecular complexity index is 482. The second kappa shape index (κ2) is 14.5. The van der Waals surface area contributed by atoms with Crippen molar-refractivity contribution in [3.8, 4) is 11.5 Å². The molecule has 1 aromatic rings. The zero-order valence-corrected chi connectivity index (χ0v) is 16.4. The highest BCUT2D eigenvalue weighted by Gasteiger charge is 2.04. The van der Waals surface area contributed by atoms with Gasteiger partial charge in [-0.25, -0.2) is 0 Å². The molecule has 0 bridgehead atoms. The molecule has 0 aliphatic carbocycles. The Balaban J connectivity index is 1.91. The van der Waals surface area contributed by atoms with Crippen molar-refractivity contribution in [1.29, 1.82) is 0 Å². The molecule has 1 rings (SSSR count). The van der Waals surface area contributed by atoms with Crippen molar-refractivity contribution in [1.82, 2.24) is 0 Å². The predicted molar refractivity (Wildman–Crippen MR) is 109 cm³/mol. The number of nitrogens with one attached hydrogen (secondary N) is 1. The van der Waals surface area contributed by atoms with E-state index in [0.29, 0.717) is 12.1 Å². The van der Waals surface area contributed by atoms with Gasteiger partial charge in [-0.3, -0.25) is 4.79 Å². The molecule has 1 aromatic carbocycles. The third-order valence-electron chi connectivity index (χ3n) is 4.69. The molecule has 0 fully saturated rings. The number of phenols is 2. The lowest BCUT2D eigenvalue weighted by atomic mass is 10.0. The number of aromatic hydroxyl groups is 2. The summed E-state index contributed by atoms with van der Waals surface area (Å²) in [5, 5.41) is 21.5. The number of rotatable bonds is 15. The molecular formula is C22H37NO3. The van der Waals surface area contributed by atoms with Gasteiger partial charge in [-0.1, -0.05) is 84.0 Å². The number of carbonyl (C=O) groups is 1. The molecule has 3 N–H and O–H groups in total. The van der Waals surface area contributed by atoms with Gasteiger partial charge in [-0.15, -0.1) is 0 Å². The second-order valence-corrected chi connectivity index (χ2v) is 7.28. The lowest BCUT2D eigenvalue weighted by molar-refractivity contribution is -0.116. The Labute approximate surface area is 159 Å². The first-order chi connectivity index (χ1) is 12.6. The highest BCUT2D eigenvalue weighted by atomic mass is 16.3. The molecule has 0 unspecified atom stereocenters. The maximum Gasteiger partial charge on any atom is 0.224 e. The minimum Gasteiger partial charge on any atom is -0.508 e. The number of unbranched alkanes of at least 4 members (excludes halogenated alkanes) is 12. The van der Waals surface area contributed by atoms with Crippen LogP contribution >= 0.6 is 0 Å². The van der Waals surface area contributed by atoms with Crippen LogP contribution < -0.4 is 5.32 Å². The summed E-state index contributed by atoms with van der Waals surface area (Å²) in [6.45, 7) is 2.26. The molecule has 4 nitrogen and oxygen atoms in total. The molecule has 0 spiro atoms. The van der Waals surface area contributed by atoms with E-state index in [2.05, 4.69) is 12.2 Å². The Morgan fingerprint density at radius 2 is 1.15 bits per heavy atom. The van der Waals surface area contributed by atoms with Gasteiger partial charge < -0.3 is 15.5 Å². The molecule has 4 heteroatoms. The number of carbonyl (C=O) groups excluding carboxylic acids is 1. The quantitative estimate of drug-likeness (QED) is 0.311. The van der Waals surface area contributed by atoms with E-state index in [0.717, 1.165) is 12.8 Å². The largest absolute Gasteiger partial charge is 0.508 e. The molecular weight excluding hydrogens is 326 g/mol. The highest BCUT2D eigenvalue weighted by Crippen LogP contribution is 2.24. The van der Waals surface area contributed by atoms with Crippen LogP contribution in [0, 0.1) is 0 Å². The minimum absolute atomic E-state index is 0.0544. The molecule has 26 heavy (non-hydrogen) atoms. The number of benzene rings is 1. The number of anilines is 1. The summed E-state index contributed by atoms with van der Waals surface area (Å²) >= 11 is 0. The van der Waals surface area contributed by atoms with Crippen LogP contribution in [-0.4, -0.2) is 16.1 Å². The normalized spacial score (nSPS) is 10.8. The third kappa shape index (κ3) is 11.8. The number of hydrogen-bond donors (Lipinski definition) is 3. The first kappa shape index (κ1) is 22.3. The van der Waals surface area contributed by atoms with Gasteiger partial charge in [-0.2, -0.15) is 0 Å². The van der Waals surface area contributed by atoms with Crippen molar-refractivity contribution >= 4 is 11.6 Å². The van der Waals surface area contributed by atoms with E-state index in [4.69, 9.17) is 0 Å². The van der Waals surface area contributed by atoms with Crippen molar-refractivity contribution in [2.75, 3.05) is 5.32 Å². The van der Waals surface area contributed by atoms with Crippen LogP contribution in [-0.2, 0) is 4.79 Å². The van der Waals surface area contributed by atoms with Crippen molar-refractivity contribution in [2.24, 2.45) is 0 Å². The summed E-state index contributed by atoms with van der Waals surface area (Å²) in [7, 11) is 0. The molecule has 0 radical (unpaired) electrons. The van der Waals surface area contributed by atoms with Crippen LogP contribution in [0.15, 0.2) is 18.2 Å². The third-order valence-corrected chi connectivity index (χ3v) is 4.69. The van der Waals surface area contributed by atoms with Gasteiger partial charge in [0.2, 0.25) is 5.91 Å².